The van der Waals surface area contributed by atoms with Crippen LogP contribution in [0.3, 0.4) is 0 Å². The molecule has 0 aliphatic rings. The predicted molar refractivity (Wildman–Crippen MR) is 102 cm³/mol. The lowest BCUT2D eigenvalue weighted by atomic mass is 10.3. The van der Waals surface area contributed by atoms with Crippen LogP contribution in [-0.2, 0) is 9.53 Å². The normalized spacial score (nSPS) is 10.2. The molecule has 8 heteroatoms. The number of methoxy groups -OCH3 is 2. The highest BCUT2D eigenvalue weighted by atomic mass is 16.5. The van der Waals surface area contributed by atoms with Crippen LogP contribution in [0.1, 0.15) is 10.5 Å². The van der Waals surface area contributed by atoms with Gasteiger partial charge in [0.25, 0.3) is 5.91 Å². The number of anilines is 1. The number of esters is 1. The number of ether oxygens (including phenoxy) is 3. The van der Waals surface area contributed by atoms with Gasteiger partial charge in [0.2, 0.25) is 5.69 Å². The van der Waals surface area contributed by atoms with Crippen LogP contribution in [-0.4, -0.2) is 42.5 Å². The van der Waals surface area contributed by atoms with Gasteiger partial charge in [-0.05, 0) is 24.3 Å². The van der Waals surface area contributed by atoms with Gasteiger partial charge in [-0.3, -0.25) is 4.79 Å². The van der Waals surface area contributed by atoms with Gasteiger partial charge >= 0.3 is 5.97 Å². The Kier molecular flexibility index (Phi) is 5.91. The maximum Gasteiger partial charge on any atom is 0.363 e. The van der Waals surface area contributed by atoms with Gasteiger partial charge in [0, 0.05) is 11.8 Å². The number of aromatic nitrogens is 2. The molecule has 1 amide bonds. The van der Waals surface area contributed by atoms with E-state index in [1.165, 1.54) is 18.9 Å². The van der Waals surface area contributed by atoms with Crippen LogP contribution in [0, 0.1) is 0 Å². The summed E-state index contributed by atoms with van der Waals surface area (Å²) in [6.07, 6.45) is 1.57. The van der Waals surface area contributed by atoms with Crippen molar-refractivity contribution < 1.29 is 23.8 Å². The molecule has 0 unspecified atom stereocenters. The third-order valence-electron chi connectivity index (χ3n) is 3.80. The van der Waals surface area contributed by atoms with Crippen LogP contribution in [0.4, 0.5) is 5.69 Å². The fraction of sp³-hybridized carbons (Fsp3) is 0.150. The lowest BCUT2D eigenvalue weighted by molar-refractivity contribution is -0.119. The number of carbonyl (C=O) groups is 2. The van der Waals surface area contributed by atoms with Crippen molar-refractivity contribution in [1.29, 1.82) is 0 Å². The maximum absolute atomic E-state index is 12.3. The first-order valence-electron chi connectivity index (χ1n) is 8.41. The predicted octanol–water partition coefficient (Wildman–Crippen LogP) is 2.69. The van der Waals surface area contributed by atoms with Crippen LogP contribution in [0.25, 0.3) is 5.69 Å². The molecule has 1 heterocycles. The monoisotopic (exact) mass is 381 g/mol. The molecule has 0 saturated carbocycles. The summed E-state index contributed by atoms with van der Waals surface area (Å²) in [7, 11) is 2.96. The second-order valence-electron chi connectivity index (χ2n) is 5.68. The van der Waals surface area contributed by atoms with Crippen LogP contribution in [0.2, 0.25) is 0 Å². The SMILES string of the molecule is COc1cccc(NC(=O)COC(=O)c2nn(-c3ccccc3)cc2OC)c1. The van der Waals surface area contributed by atoms with Gasteiger partial charge in [-0.15, -0.1) is 0 Å². The van der Waals surface area contributed by atoms with Gasteiger partial charge in [0.05, 0.1) is 26.1 Å². The first kappa shape index (κ1) is 19.0. The molecule has 0 radical (unpaired) electrons. The number of para-hydroxylation sites is 1. The number of benzene rings is 2. The summed E-state index contributed by atoms with van der Waals surface area (Å²) in [6.45, 7) is -0.461. The molecule has 0 saturated heterocycles. The fourth-order valence-corrected chi connectivity index (χ4v) is 2.46. The smallest absolute Gasteiger partial charge is 0.363 e. The molecule has 0 spiro atoms. The van der Waals surface area contributed by atoms with E-state index < -0.39 is 18.5 Å². The van der Waals surface area contributed by atoms with Crippen LogP contribution >= 0.6 is 0 Å². The molecule has 0 bridgehead atoms. The molecule has 28 heavy (non-hydrogen) atoms. The van der Waals surface area contributed by atoms with Crippen molar-refractivity contribution in [3.05, 3.63) is 66.5 Å². The van der Waals surface area contributed by atoms with Gasteiger partial charge in [-0.2, -0.15) is 5.10 Å². The van der Waals surface area contributed by atoms with E-state index in [1.54, 1.807) is 30.5 Å². The highest BCUT2D eigenvalue weighted by Gasteiger charge is 2.21. The second-order valence-corrected chi connectivity index (χ2v) is 5.68. The molecule has 0 aliphatic heterocycles. The molecule has 3 aromatic rings. The summed E-state index contributed by atoms with van der Waals surface area (Å²) in [4.78, 5) is 24.4. The van der Waals surface area contributed by atoms with Gasteiger partial charge in [0.15, 0.2) is 12.4 Å². The average Bonchev–Trinajstić information content (AvgIpc) is 3.17. The second kappa shape index (κ2) is 8.72. The standard InChI is InChI=1S/C20H19N3O5/c1-26-16-10-6-7-14(11-16)21-18(24)13-28-20(25)19-17(27-2)12-23(22-19)15-8-4-3-5-9-15/h3-12H,13H2,1-2H3,(H,21,24). The summed E-state index contributed by atoms with van der Waals surface area (Å²) < 4.78 is 16.9. The molecule has 144 valence electrons. The molecular weight excluding hydrogens is 362 g/mol. The summed E-state index contributed by atoms with van der Waals surface area (Å²) in [5.41, 5.74) is 1.28. The van der Waals surface area contributed by atoms with Crippen molar-refractivity contribution in [3.63, 3.8) is 0 Å². The number of hydrogen-bond acceptors (Lipinski definition) is 6. The van der Waals surface area contributed by atoms with E-state index in [4.69, 9.17) is 14.2 Å². The minimum absolute atomic E-state index is 0.0134. The minimum Gasteiger partial charge on any atom is -0.497 e. The quantitative estimate of drug-likeness (QED) is 0.633. The van der Waals surface area contributed by atoms with Gasteiger partial charge in [-0.1, -0.05) is 24.3 Å². The Hall–Kier alpha value is -3.81. The third-order valence-corrected chi connectivity index (χ3v) is 3.80. The molecule has 8 nitrogen and oxygen atoms in total. The molecular formula is C20H19N3O5. The van der Waals surface area contributed by atoms with Crippen molar-refractivity contribution in [2.24, 2.45) is 0 Å². The number of nitrogens with one attached hydrogen (secondary N) is 1. The number of carbonyl (C=O) groups excluding carboxylic acids is 2. The molecule has 0 atom stereocenters. The van der Waals surface area contributed by atoms with Gasteiger partial charge in [0.1, 0.15) is 5.75 Å². The Bertz CT molecular complexity index is 969. The molecule has 1 aromatic heterocycles. The summed E-state index contributed by atoms with van der Waals surface area (Å²) in [5, 5.41) is 6.83. The largest absolute Gasteiger partial charge is 0.497 e. The number of amides is 1. The van der Waals surface area contributed by atoms with Crippen molar-refractivity contribution in [3.8, 4) is 17.2 Å². The van der Waals surface area contributed by atoms with E-state index in [0.29, 0.717) is 11.4 Å². The molecule has 1 N–H and O–H groups in total. The van der Waals surface area contributed by atoms with Crippen molar-refractivity contribution in [2.45, 2.75) is 0 Å². The third kappa shape index (κ3) is 4.47. The first-order valence-corrected chi connectivity index (χ1v) is 8.41. The Morgan fingerprint density at radius 3 is 2.54 bits per heavy atom. The van der Waals surface area contributed by atoms with E-state index >= 15 is 0 Å². The number of hydrogen-bond donors (Lipinski definition) is 1. The zero-order valence-electron chi connectivity index (χ0n) is 15.4. The zero-order chi connectivity index (χ0) is 19.9. The lowest BCUT2D eigenvalue weighted by Crippen LogP contribution is -2.21. The van der Waals surface area contributed by atoms with Crippen molar-refractivity contribution in [1.82, 2.24) is 9.78 Å². The van der Waals surface area contributed by atoms with Crippen molar-refractivity contribution >= 4 is 17.6 Å². The van der Waals surface area contributed by atoms with E-state index in [1.807, 2.05) is 30.3 Å². The number of rotatable bonds is 7. The Labute approximate surface area is 161 Å². The average molecular weight is 381 g/mol. The van der Waals surface area contributed by atoms with Crippen LogP contribution in [0.15, 0.2) is 60.8 Å². The van der Waals surface area contributed by atoms with E-state index in [9.17, 15) is 9.59 Å². The van der Waals surface area contributed by atoms with Crippen molar-refractivity contribution in [2.75, 3.05) is 26.1 Å². The minimum atomic E-state index is -0.757. The molecule has 0 fully saturated rings. The fourth-order valence-electron chi connectivity index (χ4n) is 2.46. The van der Waals surface area contributed by atoms with E-state index in [-0.39, 0.29) is 11.4 Å². The lowest BCUT2D eigenvalue weighted by Gasteiger charge is -2.07. The highest BCUT2D eigenvalue weighted by Crippen LogP contribution is 2.20. The Morgan fingerprint density at radius 2 is 1.82 bits per heavy atom. The zero-order valence-corrected chi connectivity index (χ0v) is 15.4. The van der Waals surface area contributed by atoms with Gasteiger partial charge in [-0.25, -0.2) is 9.48 Å². The Morgan fingerprint density at radius 1 is 1.04 bits per heavy atom. The Balaban J connectivity index is 1.64. The maximum atomic E-state index is 12.3. The van der Waals surface area contributed by atoms with Crippen LogP contribution < -0.4 is 14.8 Å². The molecule has 0 aliphatic carbocycles. The topological polar surface area (TPSA) is 91.7 Å². The van der Waals surface area contributed by atoms with Crippen LogP contribution in [0.5, 0.6) is 11.5 Å². The summed E-state index contributed by atoms with van der Waals surface area (Å²) in [6, 6.07) is 16.1. The highest BCUT2D eigenvalue weighted by molar-refractivity contribution is 5.95. The first-order chi connectivity index (χ1) is 13.6. The number of nitrogens with zero attached hydrogens (tertiary/aromatic N) is 2. The molecule has 2 aromatic carbocycles. The van der Waals surface area contributed by atoms with E-state index in [2.05, 4.69) is 10.4 Å². The summed E-state index contributed by atoms with van der Waals surface area (Å²) in [5.74, 6) is -0.386. The van der Waals surface area contributed by atoms with Gasteiger partial charge < -0.3 is 19.5 Å². The molecule has 3 rings (SSSR count). The summed E-state index contributed by atoms with van der Waals surface area (Å²) >= 11 is 0. The van der Waals surface area contributed by atoms with E-state index in [0.717, 1.165) is 5.69 Å².